The molecule has 3 rings (SSSR count). The molecule has 0 atom stereocenters. The number of aryl methyl sites for hydroxylation is 2. The van der Waals surface area contributed by atoms with E-state index in [9.17, 15) is 14.9 Å². The molecule has 3 aromatic rings. The van der Waals surface area contributed by atoms with Gasteiger partial charge in [0.1, 0.15) is 5.75 Å². The second-order valence-electron chi connectivity index (χ2n) is 6.88. The zero-order chi connectivity index (χ0) is 22.2. The Hall–Kier alpha value is -4.20. The van der Waals surface area contributed by atoms with Crippen LogP contribution in [0.3, 0.4) is 0 Å². The van der Waals surface area contributed by atoms with Crippen LogP contribution in [0.5, 0.6) is 5.75 Å². The van der Waals surface area contributed by atoms with E-state index in [4.69, 9.17) is 4.74 Å². The average Bonchev–Trinajstić information content (AvgIpc) is 2.76. The van der Waals surface area contributed by atoms with Crippen LogP contribution in [-0.2, 0) is 4.79 Å². The molecule has 8 nitrogen and oxygen atoms in total. The first-order chi connectivity index (χ1) is 14.9. The zero-order valence-electron chi connectivity index (χ0n) is 17.2. The summed E-state index contributed by atoms with van der Waals surface area (Å²) in [6, 6.07) is 18.8. The summed E-state index contributed by atoms with van der Waals surface area (Å²) in [5, 5.41) is 17.6. The number of hydrogen-bond donors (Lipinski definition) is 2. The van der Waals surface area contributed by atoms with Gasteiger partial charge >= 0.3 is 0 Å². The smallest absolute Gasteiger partial charge is 0.269 e. The predicted molar refractivity (Wildman–Crippen MR) is 121 cm³/mol. The van der Waals surface area contributed by atoms with Crippen LogP contribution in [0.4, 0.5) is 17.1 Å². The highest BCUT2D eigenvalue weighted by Gasteiger charge is 2.05. The number of nitro groups is 1. The van der Waals surface area contributed by atoms with Gasteiger partial charge in [0.15, 0.2) is 6.61 Å². The van der Waals surface area contributed by atoms with Gasteiger partial charge in [0.25, 0.3) is 11.6 Å². The summed E-state index contributed by atoms with van der Waals surface area (Å²) >= 11 is 0. The van der Waals surface area contributed by atoms with Gasteiger partial charge in [-0.3, -0.25) is 20.3 Å². The van der Waals surface area contributed by atoms with Crippen LogP contribution in [0.2, 0.25) is 0 Å². The second kappa shape index (κ2) is 10.0. The van der Waals surface area contributed by atoms with E-state index in [0.29, 0.717) is 11.4 Å². The van der Waals surface area contributed by atoms with Crippen LogP contribution in [0.25, 0.3) is 0 Å². The molecule has 0 unspecified atom stereocenters. The van der Waals surface area contributed by atoms with Crippen molar-refractivity contribution in [1.82, 2.24) is 0 Å². The van der Waals surface area contributed by atoms with E-state index in [1.807, 2.05) is 32.0 Å². The average molecular weight is 418 g/mol. The molecule has 0 saturated heterocycles. The molecule has 158 valence electrons. The lowest BCUT2D eigenvalue weighted by Gasteiger charge is -2.09. The number of carbonyl (C=O) groups is 1. The first kappa shape index (κ1) is 21.5. The fourth-order valence-corrected chi connectivity index (χ4v) is 2.65. The molecule has 1 amide bonds. The number of nitrogens with one attached hydrogen (secondary N) is 2. The Morgan fingerprint density at radius 1 is 1.00 bits per heavy atom. The number of anilines is 2. The molecule has 0 fully saturated rings. The number of nitrogens with zero attached hydrogens (tertiary/aromatic N) is 2. The van der Waals surface area contributed by atoms with Crippen LogP contribution in [0, 0.1) is 24.0 Å². The minimum atomic E-state index is -0.455. The molecular formula is C23H22N4O4. The van der Waals surface area contributed by atoms with E-state index in [1.54, 1.807) is 42.6 Å². The van der Waals surface area contributed by atoms with Gasteiger partial charge in [-0.2, -0.15) is 5.10 Å². The van der Waals surface area contributed by atoms with Crippen molar-refractivity contribution in [3.05, 3.63) is 93.5 Å². The zero-order valence-corrected chi connectivity index (χ0v) is 17.2. The molecule has 0 aliphatic rings. The van der Waals surface area contributed by atoms with Gasteiger partial charge in [0.2, 0.25) is 0 Å². The highest BCUT2D eigenvalue weighted by atomic mass is 16.6. The molecule has 0 heterocycles. The number of ether oxygens (including phenoxy) is 1. The van der Waals surface area contributed by atoms with Crippen molar-refractivity contribution >= 4 is 29.2 Å². The number of nitro benzene ring substituents is 1. The summed E-state index contributed by atoms with van der Waals surface area (Å²) < 4.78 is 5.53. The second-order valence-corrected chi connectivity index (χ2v) is 6.88. The van der Waals surface area contributed by atoms with Gasteiger partial charge < -0.3 is 10.1 Å². The van der Waals surface area contributed by atoms with Crippen LogP contribution < -0.4 is 15.5 Å². The summed E-state index contributed by atoms with van der Waals surface area (Å²) in [6.07, 6.45) is 1.61. The van der Waals surface area contributed by atoms with Crippen molar-refractivity contribution in [1.29, 1.82) is 0 Å². The van der Waals surface area contributed by atoms with Gasteiger partial charge in [-0.05, 0) is 79.1 Å². The maximum absolute atomic E-state index is 12.1. The van der Waals surface area contributed by atoms with Crippen LogP contribution in [0.1, 0.15) is 16.7 Å². The molecule has 31 heavy (non-hydrogen) atoms. The molecule has 8 heteroatoms. The number of carbonyl (C=O) groups excluding carboxylic acids is 1. The van der Waals surface area contributed by atoms with Crippen LogP contribution >= 0.6 is 0 Å². The predicted octanol–water partition coefficient (Wildman–Crippen LogP) is 4.68. The van der Waals surface area contributed by atoms with Gasteiger partial charge in [0, 0.05) is 17.8 Å². The van der Waals surface area contributed by atoms with Crippen molar-refractivity contribution in [3.63, 3.8) is 0 Å². The fourth-order valence-electron chi connectivity index (χ4n) is 2.65. The number of benzene rings is 3. The summed E-state index contributed by atoms with van der Waals surface area (Å²) in [6.45, 7) is 3.92. The molecule has 3 aromatic carbocycles. The molecule has 0 aliphatic carbocycles. The number of amides is 1. The minimum Gasteiger partial charge on any atom is -0.484 e. The molecule has 0 saturated carbocycles. The van der Waals surface area contributed by atoms with Crippen LogP contribution in [0.15, 0.2) is 71.8 Å². The fraction of sp³-hybridized carbons (Fsp3) is 0.130. The Morgan fingerprint density at radius 2 is 1.68 bits per heavy atom. The van der Waals surface area contributed by atoms with Gasteiger partial charge in [-0.1, -0.05) is 6.07 Å². The molecule has 0 aromatic heterocycles. The van der Waals surface area contributed by atoms with Crippen molar-refractivity contribution in [2.24, 2.45) is 5.10 Å². The Labute approximate surface area is 179 Å². The van der Waals surface area contributed by atoms with Crippen molar-refractivity contribution in [3.8, 4) is 5.75 Å². The third kappa shape index (κ3) is 6.40. The summed E-state index contributed by atoms with van der Waals surface area (Å²) in [5.41, 5.74) is 7.30. The maximum atomic E-state index is 12.1. The van der Waals surface area contributed by atoms with Crippen molar-refractivity contribution < 1.29 is 14.5 Å². The number of hydrazone groups is 1. The number of rotatable bonds is 8. The van der Waals surface area contributed by atoms with E-state index in [1.165, 1.54) is 17.7 Å². The normalized spacial score (nSPS) is 10.6. The lowest BCUT2D eigenvalue weighted by Crippen LogP contribution is -2.20. The molecule has 0 aliphatic heterocycles. The Kier molecular flexibility index (Phi) is 6.95. The molecule has 0 radical (unpaired) electrons. The minimum absolute atomic E-state index is 0.0211. The van der Waals surface area contributed by atoms with E-state index in [2.05, 4.69) is 15.8 Å². The van der Waals surface area contributed by atoms with E-state index < -0.39 is 4.92 Å². The molecular weight excluding hydrogens is 396 g/mol. The first-order valence-corrected chi connectivity index (χ1v) is 9.54. The highest BCUT2D eigenvalue weighted by Crippen LogP contribution is 2.16. The summed E-state index contributed by atoms with van der Waals surface area (Å²) in [5.74, 6) is 0.330. The van der Waals surface area contributed by atoms with Crippen LogP contribution in [-0.4, -0.2) is 23.7 Å². The lowest BCUT2D eigenvalue weighted by atomic mass is 10.1. The Bertz CT molecular complexity index is 1090. The summed E-state index contributed by atoms with van der Waals surface area (Å²) in [7, 11) is 0. The third-order valence-corrected chi connectivity index (χ3v) is 4.53. The first-order valence-electron chi connectivity index (χ1n) is 9.54. The standard InChI is InChI=1S/C23H22N4O4/c1-16-3-6-20(13-17(16)2)25-23(28)15-31-22-11-4-18(5-12-22)14-24-26-19-7-9-21(10-8-19)27(29)30/h3-14,26H,15H2,1-2H3,(H,25,28)/b24-14+. The Morgan fingerprint density at radius 3 is 2.32 bits per heavy atom. The topological polar surface area (TPSA) is 106 Å². The van der Waals surface area contributed by atoms with E-state index in [-0.39, 0.29) is 18.2 Å². The third-order valence-electron chi connectivity index (χ3n) is 4.53. The largest absolute Gasteiger partial charge is 0.484 e. The number of non-ortho nitro benzene ring substituents is 1. The van der Waals surface area contributed by atoms with E-state index >= 15 is 0 Å². The van der Waals surface area contributed by atoms with Gasteiger partial charge in [-0.25, -0.2) is 0 Å². The highest BCUT2D eigenvalue weighted by molar-refractivity contribution is 5.92. The van der Waals surface area contributed by atoms with E-state index in [0.717, 1.165) is 16.8 Å². The van der Waals surface area contributed by atoms with Gasteiger partial charge in [-0.15, -0.1) is 0 Å². The maximum Gasteiger partial charge on any atom is 0.269 e. The monoisotopic (exact) mass is 418 g/mol. The quantitative estimate of drug-likeness (QED) is 0.314. The molecule has 0 spiro atoms. The molecule has 0 bridgehead atoms. The SMILES string of the molecule is Cc1ccc(NC(=O)COc2ccc(/C=N/Nc3ccc([N+](=O)[O-])cc3)cc2)cc1C. The lowest BCUT2D eigenvalue weighted by molar-refractivity contribution is -0.384. The van der Waals surface area contributed by atoms with Crippen molar-refractivity contribution in [2.45, 2.75) is 13.8 Å². The molecule has 2 N–H and O–H groups in total. The van der Waals surface area contributed by atoms with Gasteiger partial charge in [0.05, 0.1) is 16.8 Å². The summed E-state index contributed by atoms with van der Waals surface area (Å²) in [4.78, 5) is 22.3. The number of hydrogen-bond acceptors (Lipinski definition) is 6. The Balaban J connectivity index is 1.47. The van der Waals surface area contributed by atoms with Crippen molar-refractivity contribution in [2.75, 3.05) is 17.3 Å².